The van der Waals surface area contributed by atoms with Crippen LogP contribution in [0.4, 0.5) is 10.1 Å². The van der Waals surface area contributed by atoms with Gasteiger partial charge in [0.05, 0.1) is 23.8 Å². The summed E-state index contributed by atoms with van der Waals surface area (Å²) in [6, 6.07) is 7.21. The Morgan fingerprint density at radius 3 is 2.91 bits per heavy atom. The number of benzene rings is 1. The van der Waals surface area contributed by atoms with Gasteiger partial charge in [-0.3, -0.25) is 4.79 Å². The highest BCUT2D eigenvalue weighted by molar-refractivity contribution is 6.31. The molecule has 23 heavy (non-hydrogen) atoms. The topological polar surface area (TPSA) is 60.5 Å². The number of aromatic nitrogens is 1. The second-order valence-electron chi connectivity index (χ2n) is 5.07. The van der Waals surface area contributed by atoms with E-state index in [0.717, 1.165) is 6.42 Å². The van der Waals surface area contributed by atoms with Crippen LogP contribution in [0, 0.1) is 5.82 Å². The fraction of sp³-hybridized carbons (Fsp3) is 0.250. The van der Waals surface area contributed by atoms with Crippen LogP contribution in [0.15, 0.2) is 36.5 Å². The normalized spacial score (nSPS) is 17.0. The van der Waals surface area contributed by atoms with Crippen LogP contribution in [-0.2, 0) is 4.74 Å². The number of carbonyl (C=O) groups is 1. The van der Waals surface area contributed by atoms with Crippen molar-refractivity contribution in [1.29, 1.82) is 0 Å². The number of carbonyl (C=O) groups excluding carboxylic acids is 1. The van der Waals surface area contributed by atoms with Gasteiger partial charge in [-0.25, -0.2) is 9.37 Å². The average molecular weight is 337 g/mol. The Bertz CT molecular complexity index is 703. The summed E-state index contributed by atoms with van der Waals surface area (Å²) >= 11 is 5.68. The summed E-state index contributed by atoms with van der Waals surface area (Å²) in [6.07, 6.45) is 2.25. The van der Waals surface area contributed by atoms with Gasteiger partial charge in [0, 0.05) is 24.4 Å². The lowest BCUT2D eigenvalue weighted by atomic mass is 10.2. The van der Waals surface area contributed by atoms with Gasteiger partial charge in [-0.05, 0) is 24.3 Å². The number of anilines is 1. The highest BCUT2D eigenvalue weighted by atomic mass is 35.5. The first-order valence-electron chi connectivity index (χ1n) is 7.08. The average Bonchev–Trinajstić information content (AvgIpc) is 3.04. The lowest BCUT2D eigenvalue weighted by molar-refractivity contribution is 0.102. The predicted molar refractivity (Wildman–Crippen MR) is 83.5 cm³/mol. The van der Waals surface area contributed by atoms with Crippen LogP contribution < -0.4 is 10.1 Å². The van der Waals surface area contributed by atoms with Gasteiger partial charge < -0.3 is 14.8 Å². The molecule has 7 heteroatoms. The standard InChI is InChI=1S/C16H14ClFN2O3/c17-13-7-11(2-3-14(13)18)20-16(21)10-1-4-15(19-8-10)23-12-5-6-22-9-12/h1-4,7-8,12H,5-6,9H2,(H,20,21)/t12-/m0/s1. The number of nitrogens with zero attached hydrogens (tertiary/aromatic N) is 1. The van der Waals surface area contributed by atoms with Gasteiger partial charge in [0.1, 0.15) is 11.9 Å². The van der Waals surface area contributed by atoms with Gasteiger partial charge in [-0.1, -0.05) is 11.6 Å². The zero-order valence-corrected chi connectivity index (χ0v) is 12.8. The zero-order valence-electron chi connectivity index (χ0n) is 12.1. The molecule has 0 spiro atoms. The fourth-order valence-electron chi connectivity index (χ4n) is 2.14. The second kappa shape index (κ2) is 6.93. The maximum atomic E-state index is 13.1. The molecule has 1 saturated heterocycles. The third-order valence-electron chi connectivity index (χ3n) is 3.35. The molecule has 0 saturated carbocycles. The number of ether oxygens (including phenoxy) is 2. The number of amides is 1. The van der Waals surface area contributed by atoms with E-state index in [1.807, 2.05) is 0 Å². The van der Waals surface area contributed by atoms with E-state index < -0.39 is 5.82 Å². The summed E-state index contributed by atoms with van der Waals surface area (Å²) in [4.78, 5) is 16.2. The lowest BCUT2D eigenvalue weighted by Gasteiger charge is -2.11. The van der Waals surface area contributed by atoms with Crippen LogP contribution >= 0.6 is 11.6 Å². The monoisotopic (exact) mass is 336 g/mol. The summed E-state index contributed by atoms with van der Waals surface area (Å²) in [5.41, 5.74) is 0.769. The molecule has 0 radical (unpaired) electrons. The molecule has 1 atom stereocenters. The molecule has 0 bridgehead atoms. The molecule has 1 aliphatic rings. The van der Waals surface area contributed by atoms with Gasteiger partial charge >= 0.3 is 0 Å². The summed E-state index contributed by atoms with van der Waals surface area (Å²) in [6.45, 7) is 1.24. The first kappa shape index (κ1) is 15.7. The van der Waals surface area contributed by atoms with E-state index in [1.165, 1.54) is 24.4 Å². The highest BCUT2D eigenvalue weighted by Gasteiger charge is 2.18. The van der Waals surface area contributed by atoms with Crippen molar-refractivity contribution in [2.75, 3.05) is 18.5 Å². The zero-order chi connectivity index (χ0) is 16.2. The van der Waals surface area contributed by atoms with E-state index in [-0.39, 0.29) is 17.0 Å². The van der Waals surface area contributed by atoms with E-state index in [9.17, 15) is 9.18 Å². The Morgan fingerprint density at radius 1 is 1.39 bits per heavy atom. The van der Waals surface area contributed by atoms with Crippen LogP contribution in [0.25, 0.3) is 0 Å². The van der Waals surface area contributed by atoms with E-state index in [4.69, 9.17) is 21.1 Å². The van der Waals surface area contributed by atoms with Crippen LogP contribution in [0.2, 0.25) is 5.02 Å². The molecule has 1 amide bonds. The molecule has 1 aromatic heterocycles. The van der Waals surface area contributed by atoms with Crippen molar-refractivity contribution < 1.29 is 18.7 Å². The SMILES string of the molecule is O=C(Nc1ccc(F)c(Cl)c1)c1ccc(O[C@H]2CCOC2)nc1. The van der Waals surface area contributed by atoms with Crippen molar-refractivity contribution in [3.8, 4) is 5.88 Å². The fourth-order valence-corrected chi connectivity index (χ4v) is 2.32. The minimum Gasteiger partial charge on any atom is -0.472 e. The maximum Gasteiger partial charge on any atom is 0.257 e. The number of rotatable bonds is 4. The lowest BCUT2D eigenvalue weighted by Crippen LogP contribution is -2.17. The predicted octanol–water partition coefficient (Wildman–Crippen LogP) is 3.29. The van der Waals surface area contributed by atoms with Crippen LogP contribution in [0.1, 0.15) is 16.8 Å². The molecule has 5 nitrogen and oxygen atoms in total. The Kier molecular flexibility index (Phi) is 4.73. The molecule has 1 N–H and O–H groups in total. The minimum absolute atomic E-state index is 0.00327. The molecule has 1 aromatic carbocycles. The highest BCUT2D eigenvalue weighted by Crippen LogP contribution is 2.20. The van der Waals surface area contributed by atoms with Crippen LogP contribution in [-0.4, -0.2) is 30.2 Å². The van der Waals surface area contributed by atoms with Gasteiger partial charge in [0.25, 0.3) is 5.91 Å². The Morgan fingerprint density at radius 2 is 2.26 bits per heavy atom. The second-order valence-corrected chi connectivity index (χ2v) is 5.48. The van der Waals surface area contributed by atoms with Crippen molar-refractivity contribution in [3.05, 3.63) is 52.9 Å². The summed E-state index contributed by atoms with van der Waals surface area (Å²) in [5, 5.41) is 2.58. The quantitative estimate of drug-likeness (QED) is 0.930. The van der Waals surface area contributed by atoms with Gasteiger partial charge in [-0.15, -0.1) is 0 Å². The van der Waals surface area contributed by atoms with Crippen molar-refractivity contribution in [2.45, 2.75) is 12.5 Å². The molecule has 2 aromatic rings. The Hall–Kier alpha value is -2.18. The Labute approximate surface area is 137 Å². The largest absolute Gasteiger partial charge is 0.472 e. The molecule has 120 valence electrons. The minimum atomic E-state index is -0.538. The summed E-state index contributed by atoms with van der Waals surface area (Å²) in [5.74, 6) is -0.457. The third kappa shape index (κ3) is 3.97. The number of nitrogens with one attached hydrogen (secondary N) is 1. The van der Waals surface area contributed by atoms with Crippen molar-refractivity contribution in [3.63, 3.8) is 0 Å². The van der Waals surface area contributed by atoms with E-state index in [1.54, 1.807) is 12.1 Å². The molecular formula is C16H14ClFN2O3. The van der Waals surface area contributed by atoms with Crippen LogP contribution in [0.3, 0.4) is 0 Å². The number of hydrogen-bond acceptors (Lipinski definition) is 4. The van der Waals surface area contributed by atoms with Gasteiger partial charge in [-0.2, -0.15) is 0 Å². The molecule has 0 unspecified atom stereocenters. The number of pyridine rings is 1. The van der Waals surface area contributed by atoms with E-state index in [0.29, 0.717) is 30.3 Å². The molecule has 3 rings (SSSR count). The van der Waals surface area contributed by atoms with Gasteiger partial charge in [0.2, 0.25) is 5.88 Å². The van der Waals surface area contributed by atoms with Crippen LogP contribution in [0.5, 0.6) is 5.88 Å². The molecule has 2 heterocycles. The first-order valence-corrected chi connectivity index (χ1v) is 7.46. The summed E-state index contributed by atoms with van der Waals surface area (Å²) in [7, 11) is 0. The summed E-state index contributed by atoms with van der Waals surface area (Å²) < 4.78 is 23.9. The number of hydrogen-bond donors (Lipinski definition) is 1. The van der Waals surface area contributed by atoms with Crippen molar-refractivity contribution >= 4 is 23.2 Å². The smallest absolute Gasteiger partial charge is 0.257 e. The maximum absolute atomic E-state index is 13.1. The number of halogens is 2. The van der Waals surface area contributed by atoms with E-state index >= 15 is 0 Å². The molecule has 1 aliphatic heterocycles. The molecular weight excluding hydrogens is 323 g/mol. The van der Waals surface area contributed by atoms with Gasteiger partial charge in [0.15, 0.2) is 0 Å². The Balaban J connectivity index is 1.63. The third-order valence-corrected chi connectivity index (χ3v) is 3.64. The van der Waals surface area contributed by atoms with E-state index in [2.05, 4.69) is 10.3 Å². The molecule has 1 fully saturated rings. The van der Waals surface area contributed by atoms with Crippen molar-refractivity contribution in [1.82, 2.24) is 4.98 Å². The molecule has 0 aliphatic carbocycles. The first-order chi connectivity index (χ1) is 11.1. The van der Waals surface area contributed by atoms with Crippen molar-refractivity contribution in [2.24, 2.45) is 0 Å².